The van der Waals surface area contributed by atoms with E-state index in [0.29, 0.717) is 33.0 Å². The lowest BCUT2D eigenvalue weighted by molar-refractivity contribution is -0.113. The number of amides is 2. The first-order chi connectivity index (χ1) is 15.8. The second kappa shape index (κ2) is 11.2. The van der Waals surface area contributed by atoms with Crippen LogP contribution in [0.1, 0.15) is 36.1 Å². The van der Waals surface area contributed by atoms with E-state index >= 15 is 0 Å². The monoisotopic (exact) mass is 487 g/mol. The Labute approximate surface area is 202 Å². The van der Waals surface area contributed by atoms with E-state index in [4.69, 9.17) is 16.3 Å². The highest BCUT2D eigenvalue weighted by molar-refractivity contribution is 7.99. The highest BCUT2D eigenvalue weighted by Crippen LogP contribution is 2.26. The van der Waals surface area contributed by atoms with Crippen LogP contribution in [0.15, 0.2) is 53.7 Å². The normalized spacial score (nSPS) is 11.8. The summed E-state index contributed by atoms with van der Waals surface area (Å²) in [4.78, 5) is 25.2. The van der Waals surface area contributed by atoms with Crippen molar-refractivity contribution in [3.8, 4) is 5.75 Å². The number of carbonyl (C=O) groups excluding carboxylic acids is 2. The van der Waals surface area contributed by atoms with Gasteiger partial charge in [0.1, 0.15) is 5.75 Å². The van der Waals surface area contributed by atoms with Crippen LogP contribution in [0.3, 0.4) is 0 Å². The SMILES string of the molecule is COc1ccccc1NC(=O)CSc1nnc([C@@H](NC(=O)c2ccccc2Cl)C(C)C)n1C. The Morgan fingerprint density at radius 2 is 1.82 bits per heavy atom. The van der Waals surface area contributed by atoms with Gasteiger partial charge in [0.05, 0.1) is 35.2 Å². The van der Waals surface area contributed by atoms with Crippen LogP contribution in [0, 0.1) is 5.92 Å². The maximum Gasteiger partial charge on any atom is 0.253 e. The number of halogens is 1. The molecule has 3 aromatic rings. The molecule has 0 saturated carbocycles. The van der Waals surface area contributed by atoms with E-state index < -0.39 is 0 Å². The van der Waals surface area contributed by atoms with Gasteiger partial charge in [-0.05, 0) is 30.2 Å². The maximum atomic E-state index is 12.8. The molecule has 0 fully saturated rings. The summed E-state index contributed by atoms with van der Waals surface area (Å²) in [6, 6.07) is 13.7. The number of methoxy groups -OCH3 is 1. The number of nitrogens with zero attached hydrogens (tertiary/aromatic N) is 3. The minimum absolute atomic E-state index is 0.0473. The lowest BCUT2D eigenvalue weighted by Crippen LogP contribution is -2.33. The topological polar surface area (TPSA) is 98.1 Å². The number of carbonyl (C=O) groups is 2. The van der Waals surface area contributed by atoms with Gasteiger partial charge >= 0.3 is 0 Å². The molecule has 3 rings (SSSR count). The molecule has 1 heterocycles. The average molecular weight is 488 g/mol. The number of thioether (sulfide) groups is 1. The summed E-state index contributed by atoms with van der Waals surface area (Å²) < 4.78 is 7.05. The standard InChI is InChI=1S/C23H26ClN5O3S/c1-14(2)20(26-22(31)15-9-5-6-10-16(15)24)21-27-28-23(29(21)3)33-13-19(30)25-17-11-7-8-12-18(17)32-4/h5-12,14,20H,13H2,1-4H3,(H,25,30)(H,26,31)/t20-/m0/s1. The molecule has 0 spiro atoms. The summed E-state index contributed by atoms with van der Waals surface area (Å²) in [6.45, 7) is 3.97. The van der Waals surface area contributed by atoms with Crippen LogP contribution < -0.4 is 15.4 Å². The molecule has 2 amide bonds. The molecule has 33 heavy (non-hydrogen) atoms. The van der Waals surface area contributed by atoms with Crippen molar-refractivity contribution >= 4 is 40.9 Å². The van der Waals surface area contributed by atoms with Crippen LogP contribution in [0.5, 0.6) is 5.75 Å². The summed E-state index contributed by atoms with van der Waals surface area (Å²) in [5, 5.41) is 15.3. The van der Waals surface area contributed by atoms with Crippen LogP contribution in [-0.4, -0.2) is 39.4 Å². The van der Waals surface area contributed by atoms with Crippen molar-refractivity contribution in [2.75, 3.05) is 18.2 Å². The van der Waals surface area contributed by atoms with Gasteiger partial charge in [-0.2, -0.15) is 0 Å². The van der Waals surface area contributed by atoms with Crippen molar-refractivity contribution in [3.63, 3.8) is 0 Å². The molecule has 1 aromatic heterocycles. The Morgan fingerprint density at radius 3 is 2.52 bits per heavy atom. The molecule has 2 aromatic carbocycles. The molecule has 8 nitrogen and oxygen atoms in total. The number of rotatable bonds is 9. The zero-order chi connectivity index (χ0) is 24.0. The molecule has 0 aliphatic carbocycles. The summed E-state index contributed by atoms with van der Waals surface area (Å²) in [6.07, 6.45) is 0. The molecular weight excluding hydrogens is 462 g/mol. The van der Waals surface area contributed by atoms with E-state index in [2.05, 4.69) is 20.8 Å². The number of hydrogen-bond donors (Lipinski definition) is 2. The van der Waals surface area contributed by atoms with Gasteiger partial charge in [0, 0.05) is 7.05 Å². The lowest BCUT2D eigenvalue weighted by Gasteiger charge is -2.22. The molecule has 1 atom stereocenters. The lowest BCUT2D eigenvalue weighted by atomic mass is 10.0. The largest absolute Gasteiger partial charge is 0.495 e. The van der Waals surface area contributed by atoms with E-state index in [1.807, 2.05) is 33.0 Å². The van der Waals surface area contributed by atoms with E-state index in [9.17, 15) is 9.59 Å². The minimum Gasteiger partial charge on any atom is -0.495 e. The molecule has 0 saturated heterocycles. The molecule has 10 heteroatoms. The molecule has 0 aliphatic rings. The zero-order valence-corrected chi connectivity index (χ0v) is 20.4. The van der Waals surface area contributed by atoms with Gasteiger partial charge in [0.15, 0.2) is 11.0 Å². The fraction of sp³-hybridized carbons (Fsp3) is 0.304. The molecule has 0 aliphatic heterocycles. The van der Waals surface area contributed by atoms with Gasteiger partial charge in [-0.1, -0.05) is 61.5 Å². The van der Waals surface area contributed by atoms with E-state index in [1.165, 1.54) is 11.8 Å². The third kappa shape index (κ3) is 6.06. The van der Waals surface area contributed by atoms with Crippen molar-refractivity contribution in [2.24, 2.45) is 13.0 Å². The predicted molar refractivity (Wildman–Crippen MR) is 130 cm³/mol. The van der Waals surface area contributed by atoms with Gasteiger partial charge in [-0.3, -0.25) is 9.59 Å². The van der Waals surface area contributed by atoms with Crippen molar-refractivity contribution in [1.29, 1.82) is 0 Å². The Bertz CT molecular complexity index is 1130. The van der Waals surface area contributed by atoms with E-state index in [1.54, 1.807) is 48.1 Å². The number of aromatic nitrogens is 3. The second-order valence-corrected chi connectivity index (χ2v) is 8.96. The first-order valence-corrected chi connectivity index (χ1v) is 11.7. The molecule has 0 radical (unpaired) electrons. The molecule has 0 unspecified atom stereocenters. The van der Waals surface area contributed by atoms with E-state index in [0.717, 1.165) is 0 Å². The third-order valence-corrected chi connectivity index (χ3v) is 6.28. The number of hydrogen-bond acceptors (Lipinski definition) is 6. The van der Waals surface area contributed by atoms with Gasteiger partial charge in [0.2, 0.25) is 5.91 Å². The van der Waals surface area contributed by atoms with Gasteiger partial charge < -0.3 is 19.9 Å². The average Bonchev–Trinajstić information content (AvgIpc) is 3.16. The summed E-state index contributed by atoms with van der Waals surface area (Å²) >= 11 is 7.43. The quantitative estimate of drug-likeness (QED) is 0.436. The van der Waals surface area contributed by atoms with E-state index in [-0.39, 0.29) is 29.5 Å². The summed E-state index contributed by atoms with van der Waals surface area (Å²) in [7, 11) is 3.36. The summed E-state index contributed by atoms with van der Waals surface area (Å²) in [5.74, 6) is 0.895. The minimum atomic E-state index is -0.386. The highest BCUT2D eigenvalue weighted by atomic mass is 35.5. The number of nitrogens with one attached hydrogen (secondary N) is 2. The van der Waals surface area contributed by atoms with Crippen molar-refractivity contribution in [1.82, 2.24) is 20.1 Å². The third-order valence-electron chi connectivity index (χ3n) is 4.93. The highest BCUT2D eigenvalue weighted by Gasteiger charge is 2.26. The molecular formula is C23H26ClN5O3S. The summed E-state index contributed by atoms with van der Waals surface area (Å²) in [5.41, 5.74) is 1.00. The van der Waals surface area contributed by atoms with Crippen LogP contribution in [0.2, 0.25) is 5.02 Å². The zero-order valence-electron chi connectivity index (χ0n) is 18.8. The number of anilines is 1. The Morgan fingerprint density at radius 1 is 1.12 bits per heavy atom. The van der Waals surface area contributed by atoms with Crippen LogP contribution in [0.25, 0.3) is 0 Å². The number of para-hydroxylation sites is 2. The fourth-order valence-corrected chi connectivity index (χ4v) is 4.12. The molecule has 0 bridgehead atoms. The second-order valence-electron chi connectivity index (χ2n) is 7.61. The number of benzene rings is 2. The fourth-order valence-electron chi connectivity index (χ4n) is 3.18. The maximum absolute atomic E-state index is 12.8. The predicted octanol–water partition coefficient (Wildman–Crippen LogP) is 4.34. The molecule has 174 valence electrons. The van der Waals surface area contributed by atoms with Gasteiger partial charge in [0.25, 0.3) is 5.91 Å². The molecule has 2 N–H and O–H groups in total. The Balaban J connectivity index is 1.68. The van der Waals surface area contributed by atoms with Crippen LogP contribution in [0.4, 0.5) is 5.69 Å². The van der Waals surface area contributed by atoms with Crippen LogP contribution in [-0.2, 0) is 11.8 Å². The first kappa shape index (κ1) is 24.6. The number of ether oxygens (including phenoxy) is 1. The van der Waals surface area contributed by atoms with Gasteiger partial charge in [-0.25, -0.2) is 0 Å². The smallest absolute Gasteiger partial charge is 0.253 e. The first-order valence-electron chi connectivity index (χ1n) is 10.3. The Kier molecular flexibility index (Phi) is 8.35. The Hall–Kier alpha value is -3.04. The van der Waals surface area contributed by atoms with Crippen molar-refractivity contribution in [3.05, 3.63) is 64.9 Å². The van der Waals surface area contributed by atoms with Gasteiger partial charge in [-0.15, -0.1) is 10.2 Å². The van der Waals surface area contributed by atoms with Crippen molar-refractivity contribution < 1.29 is 14.3 Å². The van der Waals surface area contributed by atoms with Crippen LogP contribution >= 0.6 is 23.4 Å². The van der Waals surface area contributed by atoms with Crippen molar-refractivity contribution in [2.45, 2.75) is 25.0 Å².